The standard InChI is InChI=1S/C15H11N5O5/c21-6-4-2-1-3-5(6)7-8-10(17-14(24)19-12(8)22)16-11-9(7)13(23)20-15(25)18-11/h1-4,7,21H,(H5,16,17,18,19,20,22,23,24,25). The van der Waals surface area contributed by atoms with Crippen LogP contribution in [0.1, 0.15) is 22.6 Å². The fraction of sp³-hybridized carbons (Fsp3) is 0.0667. The molecule has 1 aliphatic rings. The quantitative estimate of drug-likeness (QED) is 0.270. The van der Waals surface area contributed by atoms with Gasteiger partial charge in [-0.05, 0) is 6.07 Å². The maximum Gasteiger partial charge on any atom is 0.327 e. The molecule has 25 heavy (non-hydrogen) atoms. The van der Waals surface area contributed by atoms with Gasteiger partial charge in [0.25, 0.3) is 11.1 Å². The lowest BCUT2D eigenvalue weighted by atomic mass is 9.84. The summed E-state index contributed by atoms with van der Waals surface area (Å²) in [6, 6.07) is 6.19. The van der Waals surface area contributed by atoms with E-state index in [2.05, 4.69) is 25.3 Å². The molecule has 0 fully saturated rings. The van der Waals surface area contributed by atoms with Crippen LogP contribution in [0, 0.1) is 0 Å². The Morgan fingerprint density at radius 1 is 0.760 bits per heavy atom. The number of phenolic OH excluding ortho intramolecular Hbond substituents is 1. The maximum absolute atomic E-state index is 12.4. The summed E-state index contributed by atoms with van der Waals surface area (Å²) in [6.45, 7) is 0. The molecular weight excluding hydrogens is 330 g/mol. The predicted molar refractivity (Wildman–Crippen MR) is 87.7 cm³/mol. The Labute approximate surface area is 137 Å². The average Bonchev–Trinajstić information content (AvgIpc) is 2.53. The van der Waals surface area contributed by atoms with Crippen LogP contribution < -0.4 is 27.8 Å². The van der Waals surface area contributed by atoms with Gasteiger partial charge < -0.3 is 10.4 Å². The van der Waals surface area contributed by atoms with E-state index < -0.39 is 28.4 Å². The van der Waals surface area contributed by atoms with Crippen molar-refractivity contribution in [3.63, 3.8) is 0 Å². The second-order valence-electron chi connectivity index (χ2n) is 5.51. The monoisotopic (exact) mass is 341 g/mol. The van der Waals surface area contributed by atoms with E-state index in [1.165, 1.54) is 6.07 Å². The first-order valence-corrected chi connectivity index (χ1v) is 7.23. The lowest BCUT2D eigenvalue weighted by Gasteiger charge is -2.27. The van der Waals surface area contributed by atoms with E-state index in [0.29, 0.717) is 0 Å². The Bertz CT molecular complexity index is 1160. The van der Waals surface area contributed by atoms with E-state index in [0.717, 1.165) is 0 Å². The van der Waals surface area contributed by atoms with E-state index in [1.807, 2.05) is 0 Å². The van der Waals surface area contributed by atoms with E-state index in [1.54, 1.807) is 18.2 Å². The van der Waals surface area contributed by atoms with Crippen LogP contribution >= 0.6 is 0 Å². The fourth-order valence-electron chi connectivity index (χ4n) is 3.05. The summed E-state index contributed by atoms with van der Waals surface area (Å²) in [4.78, 5) is 57.0. The molecule has 0 saturated heterocycles. The Hall–Kier alpha value is -3.82. The summed E-state index contributed by atoms with van der Waals surface area (Å²) in [5.74, 6) is -1.05. The third kappa shape index (κ3) is 2.19. The van der Waals surface area contributed by atoms with Crippen molar-refractivity contribution in [2.75, 3.05) is 5.32 Å². The number of nitrogens with one attached hydrogen (secondary N) is 5. The first-order chi connectivity index (χ1) is 12.0. The molecule has 0 bridgehead atoms. The molecule has 0 radical (unpaired) electrons. The largest absolute Gasteiger partial charge is 0.508 e. The van der Waals surface area contributed by atoms with Gasteiger partial charge in [0, 0.05) is 5.56 Å². The number of fused-ring (bicyclic) bond motifs is 2. The first kappa shape index (κ1) is 14.8. The molecule has 6 N–H and O–H groups in total. The SMILES string of the molecule is O=c1[nH]c2c(c(=O)[nH]1)C(c1ccccc1O)c1c([nH]c(=O)[nH]c1=O)N2. The lowest BCUT2D eigenvalue weighted by Crippen LogP contribution is -2.37. The molecule has 10 nitrogen and oxygen atoms in total. The number of aromatic amines is 4. The van der Waals surface area contributed by atoms with Crippen molar-refractivity contribution in [1.82, 2.24) is 19.9 Å². The lowest BCUT2D eigenvalue weighted by molar-refractivity contribution is 0.467. The van der Waals surface area contributed by atoms with Crippen molar-refractivity contribution in [1.29, 1.82) is 0 Å². The highest BCUT2D eigenvalue weighted by molar-refractivity contribution is 5.70. The molecule has 0 spiro atoms. The van der Waals surface area contributed by atoms with Crippen LogP contribution in [0.15, 0.2) is 43.4 Å². The summed E-state index contributed by atoms with van der Waals surface area (Å²) < 4.78 is 0. The van der Waals surface area contributed by atoms with Gasteiger partial charge in [-0.25, -0.2) is 9.59 Å². The number of rotatable bonds is 1. The van der Waals surface area contributed by atoms with Gasteiger partial charge in [0.2, 0.25) is 0 Å². The van der Waals surface area contributed by atoms with Crippen molar-refractivity contribution in [2.24, 2.45) is 0 Å². The highest BCUT2D eigenvalue weighted by Gasteiger charge is 2.35. The van der Waals surface area contributed by atoms with Gasteiger partial charge in [0.05, 0.1) is 17.0 Å². The van der Waals surface area contributed by atoms with Crippen LogP contribution in [0.3, 0.4) is 0 Å². The summed E-state index contributed by atoms with van der Waals surface area (Å²) in [7, 11) is 0. The normalized spacial score (nSPS) is 13.0. The van der Waals surface area contributed by atoms with Crippen molar-refractivity contribution in [3.05, 3.63) is 82.6 Å². The number of aromatic hydroxyl groups is 1. The van der Waals surface area contributed by atoms with Crippen molar-refractivity contribution in [2.45, 2.75) is 5.92 Å². The molecule has 2 aromatic heterocycles. The molecule has 0 aliphatic carbocycles. The van der Waals surface area contributed by atoms with Crippen LogP contribution in [0.25, 0.3) is 0 Å². The van der Waals surface area contributed by atoms with Gasteiger partial charge in [-0.1, -0.05) is 18.2 Å². The number of hydrogen-bond donors (Lipinski definition) is 6. The number of anilines is 2. The number of benzene rings is 1. The predicted octanol–water partition coefficient (Wildman–Crippen LogP) is -0.617. The molecule has 0 atom stereocenters. The first-order valence-electron chi connectivity index (χ1n) is 7.23. The van der Waals surface area contributed by atoms with Crippen LogP contribution in [0.5, 0.6) is 5.75 Å². The zero-order chi connectivity index (χ0) is 17.7. The third-order valence-corrected chi connectivity index (χ3v) is 4.03. The number of para-hydroxylation sites is 1. The van der Waals surface area contributed by atoms with E-state index in [-0.39, 0.29) is 34.1 Å². The summed E-state index contributed by atoms with van der Waals surface area (Å²) >= 11 is 0. The van der Waals surface area contributed by atoms with Crippen molar-refractivity contribution < 1.29 is 5.11 Å². The van der Waals surface area contributed by atoms with E-state index in [9.17, 15) is 24.3 Å². The van der Waals surface area contributed by atoms with E-state index in [4.69, 9.17) is 0 Å². The van der Waals surface area contributed by atoms with Gasteiger partial charge in [0.1, 0.15) is 17.4 Å². The molecule has 1 aromatic carbocycles. The zero-order valence-electron chi connectivity index (χ0n) is 12.5. The minimum Gasteiger partial charge on any atom is -0.508 e. The Balaban J connectivity index is 2.15. The van der Waals surface area contributed by atoms with E-state index >= 15 is 0 Å². The highest BCUT2D eigenvalue weighted by atomic mass is 16.3. The number of hydrogen-bond acceptors (Lipinski definition) is 6. The molecule has 126 valence electrons. The molecule has 1 aliphatic heterocycles. The Morgan fingerprint density at radius 2 is 1.28 bits per heavy atom. The van der Waals surface area contributed by atoms with Gasteiger partial charge in [0.15, 0.2) is 0 Å². The van der Waals surface area contributed by atoms with Crippen LogP contribution in [0.4, 0.5) is 11.6 Å². The highest BCUT2D eigenvalue weighted by Crippen LogP contribution is 2.41. The molecule has 0 amide bonds. The number of aromatic nitrogens is 4. The van der Waals surface area contributed by atoms with Gasteiger partial charge in [-0.15, -0.1) is 0 Å². The fourth-order valence-corrected chi connectivity index (χ4v) is 3.05. The summed E-state index contributed by atoms with van der Waals surface area (Å²) in [5, 5.41) is 12.9. The smallest absolute Gasteiger partial charge is 0.327 e. The second-order valence-corrected chi connectivity index (χ2v) is 5.51. The zero-order valence-corrected chi connectivity index (χ0v) is 12.5. The summed E-state index contributed by atoms with van der Waals surface area (Å²) in [6.07, 6.45) is 0. The van der Waals surface area contributed by atoms with Crippen molar-refractivity contribution >= 4 is 11.6 Å². The maximum atomic E-state index is 12.4. The number of phenols is 1. The minimum atomic E-state index is -0.992. The average molecular weight is 341 g/mol. The third-order valence-electron chi connectivity index (χ3n) is 4.03. The van der Waals surface area contributed by atoms with Gasteiger partial charge >= 0.3 is 11.4 Å². The second kappa shape index (κ2) is 5.09. The molecule has 0 saturated carbocycles. The number of H-pyrrole nitrogens is 4. The summed E-state index contributed by atoms with van der Waals surface area (Å²) in [5.41, 5.74) is -2.55. The molecule has 0 unspecified atom stereocenters. The molecule has 3 heterocycles. The van der Waals surface area contributed by atoms with Gasteiger partial charge in [-0.2, -0.15) is 0 Å². The van der Waals surface area contributed by atoms with Crippen LogP contribution in [-0.2, 0) is 0 Å². The van der Waals surface area contributed by atoms with Crippen LogP contribution in [-0.4, -0.2) is 25.0 Å². The van der Waals surface area contributed by atoms with Crippen LogP contribution in [0.2, 0.25) is 0 Å². The molecule has 10 heteroatoms. The topological polar surface area (TPSA) is 164 Å². The minimum absolute atomic E-state index is 0.0377. The molecule has 4 rings (SSSR count). The molecular formula is C15H11N5O5. The Kier molecular flexibility index (Phi) is 3.01. The Morgan fingerprint density at radius 3 is 1.80 bits per heavy atom. The van der Waals surface area contributed by atoms with Gasteiger partial charge in [-0.3, -0.25) is 29.5 Å². The molecule has 3 aromatic rings. The van der Waals surface area contributed by atoms with Crippen molar-refractivity contribution in [3.8, 4) is 5.75 Å².